The Balaban J connectivity index is 2.11. The molecule has 13 heavy (non-hydrogen) atoms. The third kappa shape index (κ3) is 1.91. The molecule has 2 atom stereocenters. The van der Waals surface area contributed by atoms with E-state index in [0.717, 1.165) is 25.1 Å². The quantitative estimate of drug-likeness (QED) is 0.648. The van der Waals surface area contributed by atoms with Crippen LogP contribution in [-0.4, -0.2) is 21.2 Å². The summed E-state index contributed by atoms with van der Waals surface area (Å²) in [4.78, 5) is 7.31. The summed E-state index contributed by atoms with van der Waals surface area (Å²) < 4.78 is 0. The Morgan fingerprint density at radius 3 is 2.92 bits per heavy atom. The van der Waals surface area contributed by atoms with Crippen LogP contribution in [0.2, 0.25) is 0 Å². The Morgan fingerprint density at radius 1 is 1.31 bits per heavy atom. The lowest BCUT2D eigenvalue weighted by Gasteiger charge is -2.17. The molecule has 0 saturated heterocycles. The van der Waals surface area contributed by atoms with Crippen molar-refractivity contribution in [1.29, 1.82) is 0 Å². The minimum absolute atomic E-state index is 0.200. The molecule has 0 aliphatic heterocycles. The van der Waals surface area contributed by atoms with E-state index in [4.69, 9.17) is 0 Å². The first-order valence-corrected chi connectivity index (χ1v) is 5.05. The molecule has 0 amide bonds. The maximum Gasteiger partial charge on any atom is 0.111 e. The Bertz CT molecular complexity index is 245. The maximum atomic E-state index is 9.86. The summed E-state index contributed by atoms with van der Waals surface area (Å²) in [6, 6.07) is 0. The molecule has 0 unspecified atom stereocenters. The molecule has 0 radical (unpaired) electrons. The average Bonchev–Trinajstić information content (AvgIpc) is 2.56. The van der Waals surface area contributed by atoms with E-state index in [1.165, 1.54) is 12.8 Å². The fraction of sp³-hybridized carbons (Fsp3) is 0.700. The number of aliphatic hydroxyl groups excluding tert-OH is 1. The standard InChI is InChI=1S/C10H16N2O/c13-9-5-3-1-2-4-8(9)10-11-6-7-12-10/h6-9,13H,1-5H2,(H,11,12)/t8-,9-/m0/s1. The summed E-state index contributed by atoms with van der Waals surface area (Å²) in [6.45, 7) is 0. The van der Waals surface area contributed by atoms with Crippen LogP contribution in [0.5, 0.6) is 0 Å². The van der Waals surface area contributed by atoms with Crippen molar-refractivity contribution in [3.63, 3.8) is 0 Å². The Labute approximate surface area is 78.2 Å². The highest BCUT2D eigenvalue weighted by Crippen LogP contribution is 2.29. The van der Waals surface area contributed by atoms with E-state index < -0.39 is 0 Å². The third-order valence-electron chi connectivity index (χ3n) is 2.85. The molecule has 3 heteroatoms. The fourth-order valence-electron chi connectivity index (χ4n) is 2.09. The monoisotopic (exact) mass is 180 g/mol. The fourth-order valence-corrected chi connectivity index (χ4v) is 2.09. The van der Waals surface area contributed by atoms with Crippen molar-refractivity contribution in [3.8, 4) is 0 Å². The largest absolute Gasteiger partial charge is 0.392 e. The normalized spacial score (nSPS) is 29.9. The van der Waals surface area contributed by atoms with Gasteiger partial charge in [-0.2, -0.15) is 0 Å². The molecule has 1 aliphatic carbocycles. The first-order chi connectivity index (χ1) is 6.38. The van der Waals surface area contributed by atoms with Crippen molar-refractivity contribution in [1.82, 2.24) is 9.97 Å². The molecule has 0 aromatic carbocycles. The average molecular weight is 180 g/mol. The zero-order valence-corrected chi connectivity index (χ0v) is 7.74. The van der Waals surface area contributed by atoms with Crippen molar-refractivity contribution in [2.45, 2.75) is 44.1 Å². The van der Waals surface area contributed by atoms with Crippen LogP contribution in [-0.2, 0) is 0 Å². The molecule has 1 aliphatic rings. The molecule has 2 rings (SSSR count). The first kappa shape index (κ1) is 8.75. The van der Waals surface area contributed by atoms with Gasteiger partial charge in [-0.25, -0.2) is 4.98 Å². The van der Waals surface area contributed by atoms with E-state index in [-0.39, 0.29) is 12.0 Å². The molecule has 0 bridgehead atoms. The number of aromatic amines is 1. The van der Waals surface area contributed by atoms with E-state index in [1.807, 2.05) is 6.20 Å². The van der Waals surface area contributed by atoms with Crippen LogP contribution < -0.4 is 0 Å². The summed E-state index contributed by atoms with van der Waals surface area (Å²) in [6.07, 6.45) is 8.98. The Hall–Kier alpha value is -0.830. The Kier molecular flexibility index (Phi) is 2.64. The molecular weight excluding hydrogens is 164 g/mol. The van der Waals surface area contributed by atoms with Crippen molar-refractivity contribution in [2.75, 3.05) is 0 Å². The van der Waals surface area contributed by atoms with Gasteiger partial charge >= 0.3 is 0 Å². The molecule has 1 aromatic rings. The zero-order chi connectivity index (χ0) is 9.10. The lowest BCUT2D eigenvalue weighted by Crippen LogP contribution is -2.17. The van der Waals surface area contributed by atoms with E-state index in [2.05, 4.69) is 9.97 Å². The summed E-state index contributed by atoms with van der Waals surface area (Å²) in [5.41, 5.74) is 0. The summed E-state index contributed by atoms with van der Waals surface area (Å²) in [7, 11) is 0. The maximum absolute atomic E-state index is 9.86. The third-order valence-corrected chi connectivity index (χ3v) is 2.85. The first-order valence-electron chi connectivity index (χ1n) is 5.05. The zero-order valence-electron chi connectivity index (χ0n) is 7.74. The topological polar surface area (TPSA) is 48.9 Å². The number of aliphatic hydroxyl groups is 1. The van der Waals surface area contributed by atoms with Gasteiger partial charge in [0.25, 0.3) is 0 Å². The number of hydrogen-bond donors (Lipinski definition) is 2. The number of hydrogen-bond acceptors (Lipinski definition) is 2. The Morgan fingerprint density at radius 2 is 2.15 bits per heavy atom. The predicted octanol–water partition coefficient (Wildman–Crippen LogP) is 1.82. The second kappa shape index (κ2) is 3.92. The van der Waals surface area contributed by atoms with Gasteiger partial charge in [0.2, 0.25) is 0 Å². The predicted molar refractivity (Wildman–Crippen MR) is 50.4 cm³/mol. The SMILES string of the molecule is O[C@H]1CCCCC[C@@H]1c1ncc[nH]1. The number of rotatable bonds is 1. The molecular formula is C10H16N2O. The van der Waals surface area contributed by atoms with Crippen molar-refractivity contribution in [2.24, 2.45) is 0 Å². The minimum Gasteiger partial charge on any atom is -0.392 e. The molecule has 1 fully saturated rings. The van der Waals surface area contributed by atoms with Gasteiger partial charge in [-0.05, 0) is 12.8 Å². The number of nitrogens with one attached hydrogen (secondary N) is 1. The van der Waals surface area contributed by atoms with Gasteiger partial charge < -0.3 is 10.1 Å². The van der Waals surface area contributed by atoms with E-state index in [9.17, 15) is 5.11 Å². The number of H-pyrrole nitrogens is 1. The van der Waals surface area contributed by atoms with Crippen LogP contribution in [0.3, 0.4) is 0 Å². The molecule has 2 N–H and O–H groups in total. The van der Waals surface area contributed by atoms with Gasteiger partial charge in [-0.1, -0.05) is 19.3 Å². The molecule has 72 valence electrons. The van der Waals surface area contributed by atoms with Crippen LogP contribution in [0.15, 0.2) is 12.4 Å². The smallest absolute Gasteiger partial charge is 0.111 e. The van der Waals surface area contributed by atoms with Crippen LogP contribution in [0, 0.1) is 0 Å². The lowest BCUT2D eigenvalue weighted by atomic mass is 9.97. The molecule has 1 heterocycles. The second-order valence-corrected chi connectivity index (χ2v) is 3.79. The highest BCUT2D eigenvalue weighted by molar-refractivity contribution is 5.00. The van der Waals surface area contributed by atoms with Gasteiger partial charge in [0.15, 0.2) is 0 Å². The molecule has 1 aromatic heterocycles. The highest BCUT2D eigenvalue weighted by Gasteiger charge is 2.24. The van der Waals surface area contributed by atoms with Crippen molar-refractivity contribution < 1.29 is 5.11 Å². The summed E-state index contributed by atoms with van der Waals surface area (Å²) in [5, 5.41) is 9.86. The van der Waals surface area contributed by atoms with Gasteiger partial charge in [0.05, 0.1) is 6.10 Å². The van der Waals surface area contributed by atoms with Crippen LogP contribution in [0.4, 0.5) is 0 Å². The number of nitrogens with zero attached hydrogens (tertiary/aromatic N) is 1. The molecule has 1 saturated carbocycles. The summed E-state index contributed by atoms with van der Waals surface area (Å²) in [5.74, 6) is 1.19. The van der Waals surface area contributed by atoms with E-state index in [0.29, 0.717) is 0 Å². The molecule has 0 spiro atoms. The highest BCUT2D eigenvalue weighted by atomic mass is 16.3. The van der Waals surface area contributed by atoms with Gasteiger partial charge in [0, 0.05) is 18.3 Å². The minimum atomic E-state index is -0.200. The van der Waals surface area contributed by atoms with E-state index >= 15 is 0 Å². The van der Waals surface area contributed by atoms with Crippen LogP contribution in [0.25, 0.3) is 0 Å². The van der Waals surface area contributed by atoms with Gasteiger partial charge in [0.1, 0.15) is 5.82 Å². The second-order valence-electron chi connectivity index (χ2n) is 3.79. The van der Waals surface area contributed by atoms with Gasteiger partial charge in [-0.15, -0.1) is 0 Å². The van der Waals surface area contributed by atoms with Crippen molar-refractivity contribution >= 4 is 0 Å². The number of aromatic nitrogens is 2. The number of imidazole rings is 1. The van der Waals surface area contributed by atoms with Crippen LogP contribution >= 0.6 is 0 Å². The van der Waals surface area contributed by atoms with Crippen molar-refractivity contribution in [3.05, 3.63) is 18.2 Å². The lowest BCUT2D eigenvalue weighted by molar-refractivity contribution is 0.132. The molecule has 3 nitrogen and oxygen atoms in total. The van der Waals surface area contributed by atoms with E-state index in [1.54, 1.807) is 6.20 Å². The van der Waals surface area contributed by atoms with Gasteiger partial charge in [-0.3, -0.25) is 0 Å². The summed E-state index contributed by atoms with van der Waals surface area (Å²) >= 11 is 0. The van der Waals surface area contributed by atoms with Crippen LogP contribution in [0.1, 0.15) is 43.8 Å².